The lowest BCUT2D eigenvalue weighted by molar-refractivity contribution is 0.122. The molecule has 3 aromatic heterocycles. The lowest BCUT2D eigenvalue weighted by Gasteiger charge is -2.29. The zero-order valence-electron chi connectivity index (χ0n) is 16.1. The maximum Gasteiger partial charge on any atom is 0.147 e. The van der Waals surface area contributed by atoms with Gasteiger partial charge in [-0.2, -0.15) is 0 Å². The Hall–Kier alpha value is -3.65. The van der Waals surface area contributed by atoms with Crippen LogP contribution in [0.4, 0.5) is 15.9 Å². The molecule has 0 atom stereocenters. The van der Waals surface area contributed by atoms with Crippen molar-refractivity contribution in [1.82, 2.24) is 19.9 Å². The number of fused-ring (bicyclic) bond motifs is 1. The standard InChI is InChI=1S/C22H19FN6O/c23-16-11-15(1-4-19(16)29-7-9-30-10-8-29)21-22-18(26-13-27-21)3-2-17(28-22)14-5-6-25-20(24)12-14/h1-6,11-13H,7-10H2,(H2,24,25). The van der Waals surface area contributed by atoms with Gasteiger partial charge >= 0.3 is 0 Å². The van der Waals surface area contributed by atoms with Crippen LogP contribution in [0.15, 0.2) is 55.0 Å². The molecule has 1 aromatic carbocycles. The van der Waals surface area contributed by atoms with E-state index in [0.29, 0.717) is 60.1 Å². The van der Waals surface area contributed by atoms with Crippen LogP contribution in [-0.4, -0.2) is 46.2 Å². The molecule has 5 rings (SSSR count). The summed E-state index contributed by atoms with van der Waals surface area (Å²) in [5.74, 6) is 0.124. The van der Waals surface area contributed by atoms with Crippen molar-refractivity contribution in [3.8, 4) is 22.5 Å². The van der Waals surface area contributed by atoms with Crippen LogP contribution < -0.4 is 10.6 Å². The molecule has 1 saturated heterocycles. The lowest BCUT2D eigenvalue weighted by Crippen LogP contribution is -2.36. The van der Waals surface area contributed by atoms with Crippen LogP contribution in [0.2, 0.25) is 0 Å². The Labute approximate surface area is 172 Å². The zero-order chi connectivity index (χ0) is 20.5. The molecule has 7 nitrogen and oxygen atoms in total. The molecule has 2 N–H and O–H groups in total. The molecule has 0 saturated carbocycles. The number of morpholine rings is 1. The summed E-state index contributed by atoms with van der Waals surface area (Å²) in [6.45, 7) is 2.55. The Morgan fingerprint density at radius 3 is 2.60 bits per heavy atom. The van der Waals surface area contributed by atoms with Gasteiger partial charge in [-0.3, -0.25) is 0 Å². The summed E-state index contributed by atoms with van der Waals surface area (Å²) in [7, 11) is 0. The molecule has 0 amide bonds. The first-order valence-electron chi connectivity index (χ1n) is 9.65. The number of hydrogen-bond acceptors (Lipinski definition) is 7. The van der Waals surface area contributed by atoms with Crippen molar-refractivity contribution < 1.29 is 9.13 Å². The van der Waals surface area contributed by atoms with Gasteiger partial charge in [0.15, 0.2) is 0 Å². The van der Waals surface area contributed by atoms with Crippen molar-refractivity contribution in [3.05, 3.63) is 60.8 Å². The van der Waals surface area contributed by atoms with E-state index in [1.807, 2.05) is 29.2 Å². The summed E-state index contributed by atoms with van der Waals surface area (Å²) in [4.78, 5) is 19.5. The Morgan fingerprint density at radius 2 is 1.80 bits per heavy atom. The topological polar surface area (TPSA) is 90.0 Å². The Morgan fingerprint density at radius 1 is 0.933 bits per heavy atom. The smallest absolute Gasteiger partial charge is 0.147 e. The minimum atomic E-state index is -0.292. The lowest BCUT2D eigenvalue weighted by atomic mass is 10.1. The summed E-state index contributed by atoms with van der Waals surface area (Å²) in [5, 5.41) is 0. The van der Waals surface area contributed by atoms with E-state index in [9.17, 15) is 4.39 Å². The van der Waals surface area contributed by atoms with E-state index in [4.69, 9.17) is 15.5 Å². The molecule has 0 aliphatic carbocycles. The average Bonchev–Trinajstić information content (AvgIpc) is 2.79. The number of halogens is 1. The van der Waals surface area contributed by atoms with Gasteiger partial charge in [0.1, 0.15) is 29.2 Å². The molecule has 150 valence electrons. The van der Waals surface area contributed by atoms with E-state index in [1.165, 1.54) is 12.4 Å². The first-order valence-corrected chi connectivity index (χ1v) is 9.65. The summed E-state index contributed by atoms with van der Waals surface area (Å²) in [5.41, 5.74) is 10.5. The second-order valence-corrected chi connectivity index (χ2v) is 7.02. The van der Waals surface area contributed by atoms with E-state index in [1.54, 1.807) is 18.3 Å². The first kappa shape index (κ1) is 18.4. The summed E-state index contributed by atoms with van der Waals surface area (Å²) in [6.07, 6.45) is 3.11. The van der Waals surface area contributed by atoms with Crippen LogP contribution in [-0.2, 0) is 4.74 Å². The molecule has 4 heterocycles. The number of benzene rings is 1. The number of anilines is 2. The molecule has 0 bridgehead atoms. The van der Waals surface area contributed by atoms with E-state index < -0.39 is 0 Å². The Balaban J connectivity index is 1.58. The molecule has 0 unspecified atom stereocenters. The molecule has 1 fully saturated rings. The van der Waals surface area contributed by atoms with Gasteiger partial charge in [0, 0.05) is 30.4 Å². The molecule has 4 aromatic rings. The average molecular weight is 402 g/mol. The predicted octanol–water partition coefficient (Wildman–Crippen LogP) is 3.31. The number of aromatic nitrogens is 4. The Bertz CT molecular complexity index is 1230. The van der Waals surface area contributed by atoms with Gasteiger partial charge in [0.25, 0.3) is 0 Å². The van der Waals surface area contributed by atoms with Crippen molar-refractivity contribution in [2.75, 3.05) is 36.9 Å². The van der Waals surface area contributed by atoms with Crippen molar-refractivity contribution >= 4 is 22.5 Å². The molecule has 0 spiro atoms. The number of ether oxygens (including phenoxy) is 1. The monoisotopic (exact) mass is 402 g/mol. The summed E-state index contributed by atoms with van der Waals surface area (Å²) < 4.78 is 20.3. The van der Waals surface area contributed by atoms with Gasteiger partial charge in [-0.1, -0.05) is 6.07 Å². The molecular weight excluding hydrogens is 383 g/mol. The largest absolute Gasteiger partial charge is 0.384 e. The maximum absolute atomic E-state index is 14.9. The van der Waals surface area contributed by atoms with E-state index in [0.717, 1.165) is 11.3 Å². The first-order chi connectivity index (χ1) is 14.7. The van der Waals surface area contributed by atoms with Gasteiger partial charge < -0.3 is 15.4 Å². The van der Waals surface area contributed by atoms with E-state index >= 15 is 0 Å². The van der Waals surface area contributed by atoms with Crippen LogP contribution in [0.25, 0.3) is 33.5 Å². The summed E-state index contributed by atoms with van der Waals surface area (Å²) in [6, 6.07) is 12.5. The normalized spacial score (nSPS) is 14.2. The number of hydrogen-bond donors (Lipinski definition) is 1. The van der Waals surface area contributed by atoms with Gasteiger partial charge in [-0.15, -0.1) is 0 Å². The molecule has 8 heteroatoms. The number of rotatable bonds is 3. The van der Waals surface area contributed by atoms with Crippen LogP contribution in [0.5, 0.6) is 0 Å². The SMILES string of the molecule is Nc1cc(-c2ccc3ncnc(-c4ccc(N5CCOCC5)c(F)c4)c3n2)ccn1. The third kappa shape index (κ3) is 3.42. The molecule has 1 aliphatic rings. The molecular formula is C22H19FN6O. The highest BCUT2D eigenvalue weighted by atomic mass is 19.1. The van der Waals surface area contributed by atoms with Gasteiger partial charge in [-0.25, -0.2) is 24.3 Å². The van der Waals surface area contributed by atoms with E-state index in [2.05, 4.69) is 15.0 Å². The highest BCUT2D eigenvalue weighted by Gasteiger charge is 2.17. The number of pyridine rings is 2. The van der Waals surface area contributed by atoms with Gasteiger partial charge in [0.2, 0.25) is 0 Å². The number of nitrogen functional groups attached to an aromatic ring is 1. The van der Waals surface area contributed by atoms with Gasteiger partial charge in [0.05, 0.1) is 30.1 Å². The van der Waals surface area contributed by atoms with Crippen LogP contribution in [0.1, 0.15) is 0 Å². The van der Waals surface area contributed by atoms with Crippen molar-refractivity contribution in [1.29, 1.82) is 0 Å². The quantitative estimate of drug-likeness (QED) is 0.562. The second kappa shape index (κ2) is 7.64. The van der Waals surface area contributed by atoms with Crippen molar-refractivity contribution in [2.45, 2.75) is 0 Å². The minimum absolute atomic E-state index is 0.292. The maximum atomic E-state index is 14.9. The highest BCUT2D eigenvalue weighted by Crippen LogP contribution is 2.30. The van der Waals surface area contributed by atoms with Crippen LogP contribution >= 0.6 is 0 Å². The zero-order valence-corrected chi connectivity index (χ0v) is 16.1. The molecule has 0 radical (unpaired) electrons. The molecule has 30 heavy (non-hydrogen) atoms. The highest BCUT2D eigenvalue weighted by molar-refractivity contribution is 5.90. The number of nitrogens with two attached hydrogens (primary N) is 1. The Kier molecular flexibility index (Phi) is 4.68. The summed E-state index contributed by atoms with van der Waals surface area (Å²) >= 11 is 0. The third-order valence-corrected chi connectivity index (χ3v) is 5.13. The minimum Gasteiger partial charge on any atom is -0.384 e. The molecule has 1 aliphatic heterocycles. The predicted molar refractivity (Wildman–Crippen MR) is 113 cm³/mol. The fourth-order valence-corrected chi connectivity index (χ4v) is 3.63. The second-order valence-electron chi connectivity index (χ2n) is 7.02. The van der Waals surface area contributed by atoms with Gasteiger partial charge in [-0.05, 0) is 36.4 Å². The fourth-order valence-electron chi connectivity index (χ4n) is 3.63. The number of nitrogens with zero attached hydrogens (tertiary/aromatic N) is 5. The third-order valence-electron chi connectivity index (χ3n) is 5.13. The van der Waals surface area contributed by atoms with Crippen molar-refractivity contribution in [2.24, 2.45) is 0 Å². The van der Waals surface area contributed by atoms with Crippen LogP contribution in [0, 0.1) is 5.82 Å². The fraction of sp³-hybridized carbons (Fsp3) is 0.182. The van der Waals surface area contributed by atoms with Crippen molar-refractivity contribution in [3.63, 3.8) is 0 Å². The van der Waals surface area contributed by atoms with E-state index in [-0.39, 0.29) is 5.82 Å². The van der Waals surface area contributed by atoms with Crippen LogP contribution in [0.3, 0.4) is 0 Å².